The number of nitrogens with zero attached hydrogens (tertiary/aromatic N) is 1. The van der Waals surface area contributed by atoms with Crippen molar-refractivity contribution in [3.05, 3.63) is 23.5 Å². The number of hydrogen-bond acceptors (Lipinski definition) is 4. The molecule has 0 radical (unpaired) electrons. The van der Waals surface area contributed by atoms with E-state index in [1.807, 2.05) is 0 Å². The van der Waals surface area contributed by atoms with Crippen molar-refractivity contribution >= 4 is 5.97 Å². The minimum absolute atomic E-state index is 0.437. The molecule has 100 valence electrons. The van der Waals surface area contributed by atoms with Gasteiger partial charge in [-0.25, -0.2) is 9.78 Å². The van der Waals surface area contributed by atoms with Crippen molar-refractivity contribution in [2.45, 2.75) is 32.5 Å². The zero-order chi connectivity index (χ0) is 14.1. The van der Waals surface area contributed by atoms with E-state index in [0.717, 1.165) is 0 Å². The number of hydrogen-bond donors (Lipinski definition) is 1. The minimum Gasteiger partial charge on any atom is -0.505 e. The van der Waals surface area contributed by atoms with Crippen LogP contribution in [0.1, 0.15) is 36.8 Å². The second kappa shape index (κ2) is 4.47. The first kappa shape index (κ1) is 14.3. The Bertz CT molecular complexity index is 464. The molecule has 0 aliphatic heterocycles. The van der Waals surface area contributed by atoms with E-state index >= 15 is 0 Å². The number of carbonyl (C=O) groups excluding carboxylic acids is 1. The number of aromatic hydroxyl groups is 1. The van der Waals surface area contributed by atoms with Gasteiger partial charge in [0.25, 0.3) is 0 Å². The third-order valence-electron chi connectivity index (χ3n) is 1.79. The summed E-state index contributed by atoms with van der Waals surface area (Å²) in [6.07, 6.45) is -4.16. The van der Waals surface area contributed by atoms with E-state index in [9.17, 15) is 23.1 Å². The fraction of sp³-hybridized carbons (Fsp3) is 0.455. The largest absolute Gasteiger partial charge is 0.505 e. The molecule has 0 aliphatic rings. The molecule has 0 saturated heterocycles. The van der Waals surface area contributed by atoms with Crippen LogP contribution in [0, 0.1) is 0 Å². The maximum absolute atomic E-state index is 12.3. The topological polar surface area (TPSA) is 59.4 Å². The summed E-state index contributed by atoms with van der Waals surface area (Å²) in [6.45, 7) is 4.77. The Kier molecular flexibility index (Phi) is 3.54. The molecule has 18 heavy (non-hydrogen) atoms. The first-order valence-electron chi connectivity index (χ1n) is 5.00. The number of esters is 1. The van der Waals surface area contributed by atoms with Gasteiger partial charge in [-0.1, -0.05) is 0 Å². The van der Waals surface area contributed by atoms with E-state index in [4.69, 9.17) is 4.74 Å². The lowest BCUT2D eigenvalue weighted by atomic mass is 10.2. The van der Waals surface area contributed by atoms with Gasteiger partial charge in [0.05, 0.1) is 5.56 Å². The smallest absolute Gasteiger partial charge is 0.418 e. The fourth-order valence-electron chi connectivity index (χ4n) is 1.09. The van der Waals surface area contributed by atoms with E-state index in [2.05, 4.69) is 4.98 Å². The summed E-state index contributed by atoms with van der Waals surface area (Å²) in [6, 6.07) is 0.437. The number of ether oxygens (including phenoxy) is 1. The molecule has 1 N–H and O–H groups in total. The van der Waals surface area contributed by atoms with Gasteiger partial charge in [-0.3, -0.25) is 0 Å². The van der Waals surface area contributed by atoms with Crippen LogP contribution in [0.3, 0.4) is 0 Å². The maximum Gasteiger partial charge on any atom is 0.418 e. The van der Waals surface area contributed by atoms with Crippen LogP contribution in [0.5, 0.6) is 5.75 Å². The average molecular weight is 263 g/mol. The van der Waals surface area contributed by atoms with Crippen LogP contribution in [-0.4, -0.2) is 21.7 Å². The summed E-state index contributed by atoms with van der Waals surface area (Å²) in [4.78, 5) is 14.8. The molecular formula is C11H12F3NO3. The maximum atomic E-state index is 12.3. The van der Waals surface area contributed by atoms with Crippen LogP contribution < -0.4 is 0 Å². The lowest BCUT2D eigenvalue weighted by molar-refractivity contribution is -0.138. The zero-order valence-corrected chi connectivity index (χ0v) is 10.00. The minimum atomic E-state index is -4.63. The molecule has 1 aromatic rings. The molecule has 1 heterocycles. The summed E-state index contributed by atoms with van der Waals surface area (Å²) >= 11 is 0. The SMILES string of the molecule is CC(C)(C)OC(=O)c1ncc(C(F)(F)F)cc1O. The van der Waals surface area contributed by atoms with Gasteiger partial charge in [0.1, 0.15) is 11.4 Å². The molecule has 0 bridgehead atoms. The van der Waals surface area contributed by atoms with Crippen molar-refractivity contribution in [1.82, 2.24) is 4.98 Å². The molecule has 4 nitrogen and oxygen atoms in total. The number of carbonyl (C=O) groups is 1. The van der Waals surface area contributed by atoms with Crippen molar-refractivity contribution < 1.29 is 27.8 Å². The van der Waals surface area contributed by atoms with E-state index in [1.165, 1.54) is 0 Å². The molecule has 0 unspecified atom stereocenters. The van der Waals surface area contributed by atoms with Crippen LogP contribution >= 0.6 is 0 Å². The number of rotatable bonds is 1. The summed E-state index contributed by atoms with van der Waals surface area (Å²) in [7, 11) is 0. The monoisotopic (exact) mass is 263 g/mol. The van der Waals surface area contributed by atoms with Crippen LogP contribution in [0.4, 0.5) is 13.2 Å². The Morgan fingerprint density at radius 1 is 1.33 bits per heavy atom. The molecule has 0 amide bonds. The Balaban J connectivity index is 3.03. The molecule has 0 aliphatic carbocycles. The highest BCUT2D eigenvalue weighted by Gasteiger charge is 2.33. The van der Waals surface area contributed by atoms with E-state index < -0.39 is 34.8 Å². The molecule has 0 atom stereocenters. The third-order valence-corrected chi connectivity index (χ3v) is 1.79. The Hall–Kier alpha value is -1.79. The van der Waals surface area contributed by atoms with Gasteiger partial charge in [0, 0.05) is 6.20 Å². The Labute approximate surface area is 101 Å². The van der Waals surface area contributed by atoms with Crippen molar-refractivity contribution in [2.75, 3.05) is 0 Å². The number of pyridine rings is 1. The molecule has 7 heteroatoms. The molecular weight excluding hydrogens is 251 g/mol. The van der Waals surface area contributed by atoms with Gasteiger partial charge in [-0.05, 0) is 26.8 Å². The summed E-state index contributed by atoms with van der Waals surface area (Å²) in [5.74, 6) is -1.84. The number of halogens is 3. The standard InChI is InChI=1S/C11H12F3NO3/c1-10(2,3)18-9(17)8-7(16)4-6(5-15-8)11(12,13)14/h4-5,16H,1-3H3. The van der Waals surface area contributed by atoms with Gasteiger partial charge < -0.3 is 9.84 Å². The van der Waals surface area contributed by atoms with Crippen molar-refractivity contribution in [2.24, 2.45) is 0 Å². The second-order valence-corrected chi connectivity index (χ2v) is 4.59. The normalized spacial score (nSPS) is 12.3. The molecule has 0 fully saturated rings. The van der Waals surface area contributed by atoms with Crippen LogP contribution in [0.2, 0.25) is 0 Å². The predicted molar refractivity (Wildman–Crippen MR) is 56.1 cm³/mol. The predicted octanol–water partition coefficient (Wildman–Crippen LogP) is 2.76. The summed E-state index contributed by atoms with van der Waals surface area (Å²) < 4.78 is 41.8. The van der Waals surface area contributed by atoms with Crippen molar-refractivity contribution in [3.8, 4) is 5.75 Å². The van der Waals surface area contributed by atoms with E-state index in [1.54, 1.807) is 20.8 Å². The lowest BCUT2D eigenvalue weighted by Crippen LogP contribution is -2.24. The zero-order valence-electron chi connectivity index (χ0n) is 10.00. The van der Waals surface area contributed by atoms with Crippen molar-refractivity contribution in [1.29, 1.82) is 0 Å². The van der Waals surface area contributed by atoms with Crippen LogP contribution in [0.25, 0.3) is 0 Å². The van der Waals surface area contributed by atoms with Gasteiger partial charge in [0.2, 0.25) is 0 Å². The highest BCUT2D eigenvalue weighted by Crippen LogP contribution is 2.31. The van der Waals surface area contributed by atoms with Gasteiger partial charge in [-0.15, -0.1) is 0 Å². The third kappa shape index (κ3) is 3.61. The molecule has 0 aromatic carbocycles. The molecule has 0 spiro atoms. The van der Waals surface area contributed by atoms with Crippen molar-refractivity contribution in [3.63, 3.8) is 0 Å². The first-order chi connectivity index (χ1) is 8.00. The Morgan fingerprint density at radius 2 is 1.89 bits per heavy atom. The number of aromatic nitrogens is 1. The lowest BCUT2D eigenvalue weighted by Gasteiger charge is -2.19. The molecule has 0 saturated carbocycles. The van der Waals surface area contributed by atoms with E-state index in [0.29, 0.717) is 12.3 Å². The fourth-order valence-corrected chi connectivity index (χ4v) is 1.09. The van der Waals surface area contributed by atoms with Crippen LogP contribution in [0.15, 0.2) is 12.3 Å². The second-order valence-electron chi connectivity index (χ2n) is 4.59. The average Bonchev–Trinajstić information content (AvgIpc) is 2.12. The molecule has 1 aromatic heterocycles. The Morgan fingerprint density at radius 3 is 2.28 bits per heavy atom. The number of alkyl halides is 3. The quantitative estimate of drug-likeness (QED) is 0.791. The highest BCUT2D eigenvalue weighted by molar-refractivity contribution is 5.90. The van der Waals surface area contributed by atoms with Gasteiger partial charge in [-0.2, -0.15) is 13.2 Å². The van der Waals surface area contributed by atoms with E-state index in [-0.39, 0.29) is 0 Å². The summed E-state index contributed by atoms with van der Waals surface area (Å²) in [5.41, 5.74) is -2.50. The first-order valence-corrected chi connectivity index (χ1v) is 5.00. The highest BCUT2D eigenvalue weighted by atomic mass is 19.4. The van der Waals surface area contributed by atoms with Gasteiger partial charge >= 0.3 is 12.1 Å². The molecule has 1 rings (SSSR count). The van der Waals surface area contributed by atoms with Crippen LogP contribution in [-0.2, 0) is 10.9 Å². The van der Waals surface area contributed by atoms with Gasteiger partial charge in [0.15, 0.2) is 5.69 Å². The summed E-state index contributed by atoms with van der Waals surface area (Å²) in [5, 5.41) is 9.36.